The number of ketones is 1. The minimum Gasteiger partial charge on any atom is -0.462 e. The average molecular weight is 1020 g/mol. The lowest BCUT2D eigenvalue weighted by Crippen LogP contribution is -2.49. The monoisotopic (exact) mass is 1020 g/mol. The summed E-state index contributed by atoms with van der Waals surface area (Å²) >= 11 is 0. The van der Waals surface area contributed by atoms with Crippen molar-refractivity contribution in [2.24, 2.45) is 17.8 Å². The van der Waals surface area contributed by atoms with Crippen molar-refractivity contribution in [3.05, 3.63) is 59.2 Å². The number of nitrogens with two attached hydrogens (primary N) is 1. The molecule has 1 aromatic heterocycles. The lowest BCUT2D eigenvalue weighted by Gasteiger charge is -2.36. The van der Waals surface area contributed by atoms with E-state index in [-0.39, 0.29) is 25.1 Å². The molecule has 2 aliphatic heterocycles. The average Bonchev–Trinajstić information content (AvgIpc) is 3.29. The van der Waals surface area contributed by atoms with Gasteiger partial charge in [-0.25, -0.2) is 13.9 Å². The van der Waals surface area contributed by atoms with Crippen molar-refractivity contribution in [1.82, 2.24) is 9.55 Å². The first-order chi connectivity index (χ1) is 32.8. The Morgan fingerprint density at radius 1 is 0.928 bits per heavy atom. The number of hydrogen-bond donors (Lipinski definition) is 6. The number of cyclic esters (lactones) is 1. The molecule has 3 heterocycles. The zero-order valence-corrected chi connectivity index (χ0v) is 42.2. The molecule has 0 fully saturated rings. The number of esters is 2. The van der Waals surface area contributed by atoms with Gasteiger partial charge in [-0.15, -0.1) is 0 Å². The number of aliphatic hydroxyl groups excluding tert-OH is 3. The van der Waals surface area contributed by atoms with E-state index in [0.717, 1.165) is 61.5 Å². The van der Waals surface area contributed by atoms with Gasteiger partial charge in [0.15, 0.2) is 11.9 Å². The number of anilines is 1. The van der Waals surface area contributed by atoms with Crippen molar-refractivity contribution in [1.29, 1.82) is 0 Å². The second-order valence-corrected chi connectivity index (χ2v) is 20.9. The maximum atomic E-state index is 13.8. The first-order valence-electron chi connectivity index (χ1n) is 24.4. The van der Waals surface area contributed by atoms with Gasteiger partial charge in [0.2, 0.25) is 0 Å². The highest BCUT2D eigenvalue weighted by Gasteiger charge is 2.42. The zero-order valence-electron chi connectivity index (χ0n) is 40.4. The van der Waals surface area contributed by atoms with E-state index in [9.17, 15) is 53.4 Å². The molecular formula is C47H77N3O17P2. The first kappa shape index (κ1) is 59.9. The molecule has 0 aliphatic carbocycles. The Bertz CT molecular complexity index is 1960. The number of aromatic nitrogens is 2. The second-order valence-electron chi connectivity index (χ2n) is 17.9. The molecule has 22 heteroatoms. The predicted molar refractivity (Wildman–Crippen MR) is 256 cm³/mol. The molecule has 2 bridgehead atoms. The lowest BCUT2D eigenvalue weighted by atomic mass is 9.88. The number of phosphoric acid groups is 2. The van der Waals surface area contributed by atoms with Gasteiger partial charge in [0.25, 0.3) is 0 Å². The van der Waals surface area contributed by atoms with Crippen LogP contribution in [0.4, 0.5) is 5.82 Å². The van der Waals surface area contributed by atoms with Gasteiger partial charge in [0, 0.05) is 25.0 Å². The highest BCUT2D eigenvalue weighted by Crippen LogP contribution is 2.60. The van der Waals surface area contributed by atoms with Gasteiger partial charge in [-0.1, -0.05) is 128 Å². The van der Waals surface area contributed by atoms with Crippen molar-refractivity contribution >= 4 is 39.2 Å². The lowest BCUT2D eigenvalue weighted by molar-refractivity contribution is -0.167. The Kier molecular flexibility index (Phi) is 27.7. The van der Waals surface area contributed by atoms with Crippen LogP contribution in [0.1, 0.15) is 149 Å². The van der Waals surface area contributed by atoms with Crippen LogP contribution in [0.3, 0.4) is 0 Å². The molecule has 20 nitrogen and oxygen atoms in total. The summed E-state index contributed by atoms with van der Waals surface area (Å²) in [4.78, 5) is 77.8. The topological polar surface area (TPSA) is 303 Å². The van der Waals surface area contributed by atoms with Crippen LogP contribution in [0.25, 0.3) is 0 Å². The molecular weight excluding hydrogens is 940 g/mol. The van der Waals surface area contributed by atoms with Crippen molar-refractivity contribution in [3.8, 4) is 0 Å². The molecule has 3 rings (SSSR count). The van der Waals surface area contributed by atoms with Gasteiger partial charge in [-0.3, -0.25) is 28.0 Å². The summed E-state index contributed by atoms with van der Waals surface area (Å²) in [5.41, 5.74) is 4.83. The van der Waals surface area contributed by atoms with Gasteiger partial charge >= 0.3 is 33.3 Å². The Morgan fingerprint density at radius 2 is 1.59 bits per heavy atom. The third kappa shape index (κ3) is 23.6. The fourth-order valence-corrected chi connectivity index (χ4v) is 9.78. The van der Waals surface area contributed by atoms with E-state index >= 15 is 0 Å². The molecule has 0 spiro atoms. The number of aliphatic hydroxyl groups is 3. The number of fused-ring (bicyclic) bond motifs is 3. The third-order valence-electron chi connectivity index (χ3n) is 12.0. The fraction of sp³-hybridized carbons (Fsp3) is 0.723. The van der Waals surface area contributed by atoms with E-state index in [4.69, 9.17) is 29.0 Å². The van der Waals surface area contributed by atoms with Gasteiger partial charge in [0.1, 0.15) is 30.9 Å². The van der Waals surface area contributed by atoms with Crippen LogP contribution in [0.2, 0.25) is 0 Å². The highest BCUT2D eigenvalue weighted by atomic mass is 31.3. The number of nitrogens with zero attached hydrogens (tertiary/aromatic N) is 2. The quantitative estimate of drug-likeness (QED) is 0.0329. The molecule has 3 unspecified atom stereocenters. The summed E-state index contributed by atoms with van der Waals surface area (Å²) < 4.78 is 59.0. The van der Waals surface area contributed by atoms with Crippen molar-refractivity contribution in [3.63, 3.8) is 0 Å². The van der Waals surface area contributed by atoms with Crippen molar-refractivity contribution in [2.75, 3.05) is 25.6 Å². The molecule has 0 aromatic carbocycles. The van der Waals surface area contributed by atoms with Crippen molar-refractivity contribution < 1.29 is 76.2 Å². The molecule has 0 saturated heterocycles. The zero-order chi connectivity index (χ0) is 50.8. The van der Waals surface area contributed by atoms with E-state index in [0.29, 0.717) is 32.1 Å². The summed E-state index contributed by atoms with van der Waals surface area (Å²) in [6.07, 6.45) is 13.6. The molecule has 392 valence electrons. The molecule has 1 aromatic rings. The minimum atomic E-state index is -5.67. The minimum absolute atomic E-state index is 0.00954. The Balaban J connectivity index is 1.86. The number of carbonyl (C=O) groups excluding carboxylic acids is 3. The van der Waals surface area contributed by atoms with Crippen molar-refractivity contribution in [2.45, 2.75) is 180 Å². The predicted octanol–water partition coefficient (Wildman–Crippen LogP) is 7.08. The van der Waals surface area contributed by atoms with E-state index < -0.39 is 107 Å². The largest absolute Gasteiger partial charge is 0.481 e. The smallest absolute Gasteiger partial charge is 0.462 e. The number of phosphoric ester groups is 2. The maximum Gasteiger partial charge on any atom is 0.481 e. The number of hydrogen-bond acceptors (Lipinski definition) is 17. The molecule has 0 radical (unpaired) electrons. The molecule has 0 amide bonds. The summed E-state index contributed by atoms with van der Waals surface area (Å²) in [6, 6.07) is 1.28. The van der Waals surface area contributed by atoms with Crippen LogP contribution in [0, 0.1) is 17.8 Å². The summed E-state index contributed by atoms with van der Waals surface area (Å²) in [5, 5.41) is 33.8. The van der Waals surface area contributed by atoms with Crippen LogP contribution in [0.15, 0.2) is 53.5 Å². The van der Waals surface area contributed by atoms with E-state index in [1.54, 1.807) is 12.2 Å². The Labute approximate surface area is 405 Å². The SMILES string of the molecule is CCCCC[C@H](O)C=C[C@H]1C(=O)/C=C\[C@@H]2C/C=C\CCCC(=O)OC[C@@H](OC(=O)CCCCCCCCCCC(C)CC)COP(=O)(O)OP(=O)(O)OC[C@@H](O[C@H]2n2ccc(N)nc2=O)[C@@H](O)[C@H]1O. The first-order valence-corrected chi connectivity index (χ1v) is 27.4. The number of ether oxygens (including phenoxy) is 3. The number of nitrogen functional groups attached to an aromatic ring is 1. The second kappa shape index (κ2) is 31.8. The van der Waals surface area contributed by atoms with E-state index in [1.807, 2.05) is 6.92 Å². The summed E-state index contributed by atoms with van der Waals surface area (Å²) in [6.45, 7) is 3.81. The van der Waals surface area contributed by atoms with Crippen LogP contribution in [-0.2, 0) is 51.1 Å². The van der Waals surface area contributed by atoms with Crippen LogP contribution < -0.4 is 11.4 Å². The highest BCUT2D eigenvalue weighted by molar-refractivity contribution is 7.61. The summed E-state index contributed by atoms with van der Waals surface area (Å²) in [5.74, 6) is -3.93. The summed E-state index contributed by atoms with van der Waals surface area (Å²) in [7, 11) is -11.2. The fourth-order valence-electron chi connectivity index (χ4n) is 7.67. The Hall–Kier alpha value is -3.39. The standard InChI is InChI=1S/C47H77N3O17P2/c1-4-6-15-22-36(51)26-27-38-39(52)28-25-35-21-17-13-14-18-23-42(53)62-31-37(65-43(54)24-19-12-10-8-7-9-11-16-20-34(3)5-2)32-63-68(58,59)67-69(60,61)64-33-40(45(56)44(38)55)66-46(35)50-30-29-41(48)49-47(50)57/h13,17,25-30,34-38,40,44-46,51,55-56H,4-12,14-16,18-24,31-33H2,1-3H3,(H,58,59)(H,60,61)(H2,48,49,57)/b17-13-,27-26?,28-25-/t34?,35-,36-,37+,38-,40+,44-,45+,46+/m0/s1. The molecule has 2 aliphatic rings. The molecule has 69 heavy (non-hydrogen) atoms. The van der Waals surface area contributed by atoms with Gasteiger partial charge < -0.3 is 45.1 Å². The van der Waals surface area contributed by atoms with E-state index in [2.05, 4.69) is 23.1 Å². The number of unbranched alkanes of at least 4 members (excludes halogenated alkanes) is 9. The number of carbonyl (C=O) groups is 3. The normalized spacial score (nSPS) is 30.2. The van der Waals surface area contributed by atoms with Crippen LogP contribution in [-0.4, -0.2) is 103 Å². The number of allylic oxidation sites excluding steroid dienone is 3. The maximum absolute atomic E-state index is 13.8. The third-order valence-corrected chi connectivity index (χ3v) is 14.6. The van der Waals surface area contributed by atoms with Gasteiger partial charge in [-0.05, 0) is 50.2 Å². The van der Waals surface area contributed by atoms with Crippen LogP contribution in [0.5, 0.6) is 0 Å². The molecule has 0 saturated carbocycles. The van der Waals surface area contributed by atoms with Gasteiger partial charge in [-0.2, -0.15) is 9.29 Å². The molecule has 7 N–H and O–H groups in total. The Morgan fingerprint density at radius 3 is 2.28 bits per heavy atom. The van der Waals surface area contributed by atoms with Gasteiger partial charge in [0.05, 0.1) is 31.3 Å². The van der Waals surface area contributed by atoms with E-state index in [1.165, 1.54) is 56.2 Å². The van der Waals surface area contributed by atoms with Crippen LogP contribution >= 0.6 is 15.6 Å². The molecule has 11 atom stereocenters. The number of rotatable bonds is 20.